The van der Waals surface area contributed by atoms with Crippen LogP contribution in [0.1, 0.15) is 16.1 Å². The highest BCUT2D eigenvalue weighted by Gasteiger charge is 2.31. The molecule has 1 aromatic carbocycles. The molecule has 0 aliphatic carbocycles. The average molecular weight is 349 g/mol. The summed E-state index contributed by atoms with van der Waals surface area (Å²) in [6.45, 7) is 2.25. The molecule has 1 radical (unpaired) electrons. The quantitative estimate of drug-likeness (QED) is 0.924. The van der Waals surface area contributed by atoms with Gasteiger partial charge in [0.25, 0.3) is 5.91 Å². The highest BCUT2D eigenvalue weighted by atomic mass is 19.4. The molecule has 131 valence electrons. The second-order valence-corrected chi connectivity index (χ2v) is 5.68. The number of rotatable bonds is 3. The first-order valence-corrected chi connectivity index (χ1v) is 7.70. The van der Waals surface area contributed by atoms with Crippen molar-refractivity contribution in [3.05, 3.63) is 53.7 Å². The van der Waals surface area contributed by atoms with E-state index in [0.717, 1.165) is 12.1 Å². The van der Waals surface area contributed by atoms with E-state index < -0.39 is 17.6 Å². The van der Waals surface area contributed by atoms with Gasteiger partial charge in [0.2, 0.25) is 0 Å². The lowest BCUT2D eigenvalue weighted by Crippen LogP contribution is -2.47. The molecule has 0 bridgehead atoms. The molecule has 1 aromatic heterocycles. The van der Waals surface area contributed by atoms with Crippen LogP contribution in [0.15, 0.2) is 36.4 Å². The Morgan fingerprint density at radius 3 is 2.44 bits per heavy atom. The van der Waals surface area contributed by atoms with Crippen LogP contribution >= 0.6 is 0 Å². The number of nitrogens with zero attached hydrogens (tertiary/aromatic N) is 3. The number of halogens is 3. The van der Waals surface area contributed by atoms with Crippen molar-refractivity contribution in [1.29, 1.82) is 0 Å². The van der Waals surface area contributed by atoms with E-state index in [2.05, 4.69) is 11.1 Å². The highest BCUT2D eigenvalue weighted by Crippen LogP contribution is 2.32. The molecule has 3 rings (SSSR count). The number of pyridine rings is 1. The van der Waals surface area contributed by atoms with Crippen LogP contribution in [0.3, 0.4) is 0 Å². The summed E-state index contributed by atoms with van der Waals surface area (Å²) in [6, 6.07) is 11.3. The van der Waals surface area contributed by atoms with Gasteiger partial charge in [0.05, 0.1) is 5.56 Å². The van der Waals surface area contributed by atoms with E-state index >= 15 is 0 Å². The standard InChI is InChI=1S/C17H16F3N4O/c18-17(19,20)12-3-1-4-13(11-12)23-7-9-24(10-8-23)15-6-2-5-14(22-15)16(21)25/h1-4,6,11H,7-10H2,(H2,21,25). The molecule has 1 fully saturated rings. The number of piperazine rings is 1. The topological polar surface area (TPSA) is 62.5 Å². The van der Waals surface area contributed by atoms with Gasteiger partial charge in [0.15, 0.2) is 0 Å². The van der Waals surface area contributed by atoms with Crippen LogP contribution in [0.25, 0.3) is 0 Å². The third kappa shape index (κ3) is 3.84. The van der Waals surface area contributed by atoms with Gasteiger partial charge in [-0.1, -0.05) is 6.07 Å². The number of anilines is 2. The highest BCUT2D eigenvalue weighted by molar-refractivity contribution is 5.90. The number of hydrogen-bond donors (Lipinski definition) is 1. The fourth-order valence-electron chi connectivity index (χ4n) is 2.75. The molecule has 1 aliphatic rings. The molecule has 0 atom stereocenters. The van der Waals surface area contributed by atoms with Gasteiger partial charge in [-0.3, -0.25) is 4.79 Å². The maximum Gasteiger partial charge on any atom is 0.416 e. The van der Waals surface area contributed by atoms with E-state index in [-0.39, 0.29) is 5.69 Å². The minimum atomic E-state index is -4.35. The molecule has 5 nitrogen and oxygen atoms in total. The number of primary amides is 1. The zero-order valence-corrected chi connectivity index (χ0v) is 13.3. The Morgan fingerprint density at radius 1 is 1.12 bits per heavy atom. The van der Waals surface area contributed by atoms with Crippen LogP contribution < -0.4 is 15.5 Å². The summed E-state index contributed by atoms with van der Waals surface area (Å²) in [7, 11) is 0. The van der Waals surface area contributed by atoms with E-state index in [1.807, 2.05) is 9.80 Å². The zero-order chi connectivity index (χ0) is 18.0. The third-order valence-electron chi connectivity index (χ3n) is 4.05. The number of carbonyl (C=O) groups is 1. The smallest absolute Gasteiger partial charge is 0.368 e. The number of benzene rings is 1. The first-order chi connectivity index (χ1) is 11.8. The Labute approximate surface area is 142 Å². The number of carbonyl (C=O) groups excluding carboxylic acids is 1. The molecular weight excluding hydrogens is 333 g/mol. The fraction of sp³-hybridized carbons (Fsp3) is 0.294. The summed E-state index contributed by atoms with van der Waals surface area (Å²) in [5, 5.41) is 0. The average Bonchev–Trinajstić information content (AvgIpc) is 2.61. The fourth-order valence-corrected chi connectivity index (χ4v) is 2.75. The summed E-state index contributed by atoms with van der Waals surface area (Å²) in [5.74, 6) is -0.0410. The van der Waals surface area contributed by atoms with Crippen molar-refractivity contribution < 1.29 is 18.0 Å². The Hall–Kier alpha value is -2.77. The van der Waals surface area contributed by atoms with Gasteiger partial charge >= 0.3 is 6.18 Å². The second-order valence-electron chi connectivity index (χ2n) is 5.68. The molecule has 0 saturated carbocycles. The molecule has 8 heteroatoms. The van der Waals surface area contributed by atoms with E-state index in [0.29, 0.717) is 37.7 Å². The van der Waals surface area contributed by atoms with Crippen LogP contribution in [0.4, 0.5) is 24.7 Å². The molecule has 25 heavy (non-hydrogen) atoms. The number of nitrogens with two attached hydrogens (primary N) is 1. The molecule has 2 N–H and O–H groups in total. The van der Waals surface area contributed by atoms with Crippen molar-refractivity contribution in [2.45, 2.75) is 6.18 Å². The van der Waals surface area contributed by atoms with Crippen molar-refractivity contribution in [2.75, 3.05) is 36.0 Å². The van der Waals surface area contributed by atoms with Gasteiger partial charge in [-0.05, 0) is 30.3 Å². The number of amides is 1. The van der Waals surface area contributed by atoms with Gasteiger partial charge < -0.3 is 15.5 Å². The van der Waals surface area contributed by atoms with E-state index in [4.69, 9.17) is 5.73 Å². The number of aromatic nitrogens is 1. The largest absolute Gasteiger partial charge is 0.416 e. The van der Waals surface area contributed by atoms with Crippen LogP contribution in [-0.4, -0.2) is 37.1 Å². The number of alkyl halides is 3. The van der Waals surface area contributed by atoms with Crippen molar-refractivity contribution in [2.24, 2.45) is 5.73 Å². The Morgan fingerprint density at radius 2 is 1.80 bits per heavy atom. The molecule has 0 spiro atoms. The lowest BCUT2D eigenvalue weighted by molar-refractivity contribution is -0.137. The molecule has 1 aliphatic heterocycles. The molecule has 2 heterocycles. The van der Waals surface area contributed by atoms with Crippen molar-refractivity contribution in [3.8, 4) is 0 Å². The maximum absolute atomic E-state index is 12.8. The van der Waals surface area contributed by atoms with Gasteiger partial charge in [-0.2, -0.15) is 13.2 Å². The van der Waals surface area contributed by atoms with Gasteiger partial charge in [-0.15, -0.1) is 0 Å². The number of hydrogen-bond acceptors (Lipinski definition) is 4. The second kappa shape index (κ2) is 6.62. The minimum Gasteiger partial charge on any atom is -0.368 e. The van der Waals surface area contributed by atoms with Gasteiger partial charge in [0, 0.05) is 37.9 Å². The van der Waals surface area contributed by atoms with Gasteiger partial charge in [0.1, 0.15) is 11.5 Å². The molecule has 1 amide bonds. The summed E-state index contributed by atoms with van der Waals surface area (Å²) < 4.78 is 38.5. The SMILES string of the molecule is NC(=O)c1[c]ccc(N2CCN(c3cccc(C(F)(F)F)c3)CC2)n1. The maximum atomic E-state index is 12.8. The summed E-state index contributed by atoms with van der Waals surface area (Å²) >= 11 is 0. The van der Waals surface area contributed by atoms with Crippen LogP contribution in [0, 0.1) is 6.07 Å². The lowest BCUT2D eigenvalue weighted by Gasteiger charge is -2.37. The zero-order valence-electron chi connectivity index (χ0n) is 13.3. The predicted molar refractivity (Wildman–Crippen MR) is 87.5 cm³/mol. The first kappa shape index (κ1) is 17.1. The van der Waals surface area contributed by atoms with Crippen molar-refractivity contribution >= 4 is 17.4 Å². The predicted octanol–water partition coefficient (Wildman–Crippen LogP) is 2.33. The summed E-state index contributed by atoms with van der Waals surface area (Å²) in [4.78, 5) is 19.2. The third-order valence-corrected chi connectivity index (χ3v) is 4.05. The Bertz CT molecular complexity index is 770. The Kier molecular flexibility index (Phi) is 4.52. The van der Waals surface area contributed by atoms with Crippen molar-refractivity contribution in [3.63, 3.8) is 0 Å². The summed E-state index contributed by atoms with van der Waals surface area (Å²) in [6.07, 6.45) is -4.35. The van der Waals surface area contributed by atoms with Gasteiger partial charge in [-0.25, -0.2) is 4.98 Å². The van der Waals surface area contributed by atoms with Crippen LogP contribution in [0.2, 0.25) is 0 Å². The molecule has 0 unspecified atom stereocenters. The molecule has 2 aromatic rings. The molecule has 1 saturated heterocycles. The normalized spacial score (nSPS) is 15.3. The monoisotopic (exact) mass is 349 g/mol. The summed E-state index contributed by atoms with van der Waals surface area (Å²) in [5.41, 5.74) is 5.16. The Balaban J connectivity index is 1.70. The van der Waals surface area contributed by atoms with Crippen LogP contribution in [-0.2, 0) is 6.18 Å². The first-order valence-electron chi connectivity index (χ1n) is 7.70. The lowest BCUT2D eigenvalue weighted by atomic mass is 10.1. The van der Waals surface area contributed by atoms with E-state index in [1.165, 1.54) is 6.07 Å². The van der Waals surface area contributed by atoms with Crippen LogP contribution in [0.5, 0.6) is 0 Å². The van der Waals surface area contributed by atoms with E-state index in [1.54, 1.807) is 18.2 Å². The minimum absolute atomic E-state index is 0.0674. The van der Waals surface area contributed by atoms with Crippen molar-refractivity contribution in [1.82, 2.24) is 4.98 Å². The molecular formula is C17H16F3N4O. The van der Waals surface area contributed by atoms with E-state index in [9.17, 15) is 18.0 Å².